The summed E-state index contributed by atoms with van der Waals surface area (Å²) in [5.74, 6) is -0.200. The number of ketones is 1. The summed E-state index contributed by atoms with van der Waals surface area (Å²) in [5.41, 5.74) is 12.1. The maximum absolute atomic E-state index is 12.2. The minimum absolute atomic E-state index is 0.00929. The Kier molecular flexibility index (Phi) is 4.62. The van der Waals surface area contributed by atoms with Gasteiger partial charge in [-0.25, -0.2) is 9.78 Å². The molecule has 0 atom stereocenters. The van der Waals surface area contributed by atoms with Gasteiger partial charge in [0.2, 0.25) is 0 Å². The number of nitrogens with zero attached hydrogens (tertiary/aromatic N) is 2. The third-order valence-electron chi connectivity index (χ3n) is 4.65. The van der Waals surface area contributed by atoms with Crippen molar-refractivity contribution in [3.05, 3.63) is 34.6 Å². The smallest absolute Gasteiger partial charge is 0.405 e. The molecule has 0 aliphatic heterocycles. The van der Waals surface area contributed by atoms with Gasteiger partial charge in [0.1, 0.15) is 10.8 Å². The number of fused-ring (bicyclic) bond motifs is 1. The van der Waals surface area contributed by atoms with Gasteiger partial charge >= 0.3 is 6.09 Å². The minimum Gasteiger partial charge on any atom is -0.438 e. The monoisotopic (exact) mass is 362 g/mol. The predicted molar refractivity (Wildman–Crippen MR) is 93.3 cm³/mol. The number of hydrogen-bond donors (Lipinski definition) is 2. The van der Waals surface area contributed by atoms with Crippen molar-refractivity contribution in [2.75, 3.05) is 0 Å². The van der Waals surface area contributed by atoms with Crippen LogP contribution in [0.2, 0.25) is 5.15 Å². The first-order valence-electron chi connectivity index (χ1n) is 8.03. The van der Waals surface area contributed by atoms with E-state index in [2.05, 4.69) is 9.97 Å². The van der Waals surface area contributed by atoms with Crippen molar-refractivity contribution in [1.29, 1.82) is 0 Å². The standard InChI is InChI=1S/C17H19ClN4O3/c1-9(23)11-8-21-12-2-3-13(18)22-15(12)14(11)17(25-16(20)24)6-4-10(19)5-7-17/h2-3,8,10H,4-7,19H2,1H3,(H2,20,24). The maximum Gasteiger partial charge on any atom is 0.405 e. The molecule has 0 radical (unpaired) electrons. The fourth-order valence-electron chi connectivity index (χ4n) is 3.47. The van der Waals surface area contributed by atoms with Gasteiger partial charge in [-0.2, -0.15) is 0 Å². The molecule has 2 heterocycles. The molecule has 1 aliphatic carbocycles. The van der Waals surface area contributed by atoms with Gasteiger partial charge in [-0.1, -0.05) is 11.6 Å². The number of halogens is 1. The lowest BCUT2D eigenvalue weighted by Crippen LogP contribution is -2.42. The third kappa shape index (κ3) is 3.29. The number of pyridine rings is 2. The third-order valence-corrected chi connectivity index (χ3v) is 4.86. The van der Waals surface area contributed by atoms with E-state index in [-0.39, 0.29) is 17.0 Å². The van der Waals surface area contributed by atoms with Gasteiger partial charge in [0.05, 0.1) is 11.0 Å². The molecule has 132 valence electrons. The Morgan fingerprint density at radius 1 is 1.32 bits per heavy atom. The molecule has 25 heavy (non-hydrogen) atoms. The molecule has 1 fully saturated rings. The van der Waals surface area contributed by atoms with Crippen LogP contribution in [0.5, 0.6) is 0 Å². The number of carbonyl (C=O) groups is 2. The number of nitrogens with two attached hydrogens (primary N) is 2. The van der Waals surface area contributed by atoms with Gasteiger partial charge in [0.15, 0.2) is 5.78 Å². The molecule has 0 bridgehead atoms. The average molecular weight is 363 g/mol. The number of hydrogen-bond acceptors (Lipinski definition) is 6. The zero-order valence-electron chi connectivity index (χ0n) is 13.8. The number of rotatable bonds is 3. The van der Waals surface area contributed by atoms with Gasteiger partial charge < -0.3 is 16.2 Å². The van der Waals surface area contributed by atoms with Gasteiger partial charge in [0, 0.05) is 23.4 Å². The molecule has 1 saturated carbocycles. The summed E-state index contributed by atoms with van der Waals surface area (Å²) in [6, 6.07) is 3.34. The van der Waals surface area contributed by atoms with Gasteiger partial charge in [-0.05, 0) is 44.7 Å². The van der Waals surface area contributed by atoms with E-state index in [9.17, 15) is 9.59 Å². The molecule has 4 N–H and O–H groups in total. The van der Waals surface area contributed by atoms with Crippen molar-refractivity contribution in [3.63, 3.8) is 0 Å². The second-order valence-electron chi connectivity index (χ2n) is 6.36. The van der Waals surface area contributed by atoms with Gasteiger partial charge in [-0.15, -0.1) is 0 Å². The summed E-state index contributed by atoms with van der Waals surface area (Å²) in [5, 5.41) is 0.262. The molecule has 2 aromatic rings. The van der Waals surface area contributed by atoms with Crippen LogP contribution in [0.25, 0.3) is 11.0 Å². The molecule has 2 aromatic heterocycles. The number of carbonyl (C=O) groups excluding carboxylic acids is 2. The highest BCUT2D eigenvalue weighted by molar-refractivity contribution is 6.29. The van der Waals surface area contributed by atoms with E-state index in [0.29, 0.717) is 47.8 Å². The van der Waals surface area contributed by atoms with Crippen LogP contribution < -0.4 is 11.5 Å². The van der Waals surface area contributed by atoms with Crippen molar-refractivity contribution in [2.45, 2.75) is 44.2 Å². The van der Waals surface area contributed by atoms with Crippen LogP contribution >= 0.6 is 11.6 Å². The van der Waals surface area contributed by atoms with E-state index in [0.717, 1.165) is 0 Å². The Balaban J connectivity index is 2.31. The highest BCUT2D eigenvalue weighted by Crippen LogP contribution is 2.44. The lowest BCUT2D eigenvalue weighted by Gasteiger charge is -2.39. The zero-order chi connectivity index (χ0) is 18.2. The zero-order valence-corrected chi connectivity index (χ0v) is 14.5. The van der Waals surface area contributed by atoms with Crippen LogP contribution in [0, 0.1) is 0 Å². The number of aromatic nitrogens is 2. The molecule has 0 saturated heterocycles. The summed E-state index contributed by atoms with van der Waals surface area (Å²) < 4.78 is 5.57. The maximum atomic E-state index is 12.2. The van der Waals surface area contributed by atoms with Crippen molar-refractivity contribution >= 4 is 34.5 Å². The quantitative estimate of drug-likeness (QED) is 0.639. The number of ether oxygens (including phenoxy) is 1. The molecule has 3 rings (SSSR count). The highest BCUT2D eigenvalue weighted by Gasteiger charge is 2.43. The van der Waals surface area contributed by atoms with E-state index in [1.165, 1.54) is 13.1 Å². The first-order chi connectivity index (χ1) is 11.8. The van der Waals surface area contributed by atoms with E-state index in [1.807, 2.05) is 0 Å². The van der Waals surface area contributed by atoms with E-state index >= 15 is 0 Å². The number of Topliss-reactive ketones (excluding diaryl/α,β-unsaturated/α-hetero) is 1. The summed E-state index contributed by atoms with van der Waals surface area (Å²) in [6.07, 6.45) is 2.74. The van der Waals surface area contributed by atoms with E-state index < -0.39 is 11.7 Å². The Morgan fingerprint density at radius 2 is 2.00 bits per heavy atom. The SMILES string of the molecule is CC(=O)c1cnc2ccc(Cl)nc2c1C1(OC(N)=O)CCC(N)CC1. The molecule has 1 amide bonds. The second kappa shape index (κ2) is 6.57. The largest absolute Gasteiger partial charge is 0.438 e. The Hall–Kier alpha value is -2.25. The average Bonchev–Trinajstić information content (AvgIpc) is 2.55. The second-order valence-corrected chi connectivity index (χ2v) is 6.74. The summed E-state index contributed by atoms with van der Waals surface area (Å²) in [4.78, 5) is 32.5. The Labute approximate surface area is 149 Å². The molecule has 0 spiro atoms. The molecule has 1 aliphatic rings. The predicted octanol–water partition coefficient (Wildman–Crippen LogP) is 2.68. The first-order valence-corrected chi connectivity index (χ1v) is 8.41. The van der Waals surface area contributed by atoms with E-state index in [1.54, 1.807) is 12.1 Å². The minimum atomic E-state index is -1.07. The van der Waals surface area contributed by atoms with Gasteiger partial charge in [0.25, 0.3) is 0 Å². The number of primary amides is 1. The van der Waals surface area contributed by atoms with Crippen LogP contribution in [0.4, 0.5) is 4.79 Å². The van der Waals surface area contributed by atoms with Crippen molar-refractivity contribution in [3.8, 4) is 0 Å². The van der Waals surface area contributed by atoms with Crippen LogP contribution in [0.3, 0.4) is 0 Å². The molecular weight excluding hydrogens is 344 g/mol. The fraction of sp³-hybridized carbons (Fsp3) is 0.412. The summed E-state index contributed by atoms with van der Waals surface area (Å²) in [7, 11) is 0. The Bertz CT molecular complexity index is 847. The molecular formula is C17H19ClN4O3. The van der Waals surface area contributed by atoms with Crippen LogP contribution in [0.1, 0.15) is 48.5 Å². The molecule has 8 heteroatoms. The molecule has 0 unspecified atom stereocenters. The first kappa shape index (κ1) is 17.6. The van der Waals surface area contributed by atoms with Crippen molar-refractivity contribution in [2.24, 2.45) is 11.5 Å². The van der Waals surface area contributed by atoms with Crippen molar-refractivity contribution < 1.29 is 14.3 Å². The topological polar surface area (TPSA) is 121 Å². The highest BCUT2D eigenvalue weighted by atomic mass is 35.5. The summed E-state index contributed by atoms with van der Waals surface area (Å²) >= 11 is 6.06. The summed E-state index contributed by atoms with van der Waals surface area (Å²) in [6.45, 7) is 1.43. The van der Waals surface area contributed by atoms with Crippen LogP contribution in [0.15, 0.2) is 18.3 Å². The van der Waals surface area contributed by atoms with Crippen LogP contribution in [-0.2, 0) is 10.3 Å². The van der Waals surface area contributed by atoms with Gasteiger partial charge in [-0.3, -0.25) is 9.78 Å². The van der Waals surface area contributed by atoms with Crippen molar-refractivity contribution in [1.82, 2.24) is 9.97 Å². The fourth-order valence-corrected chi connectivity index (χ4v) is 3.62. The molecule has 0 aromatic carbocycles. The lowest BCUT2D eigenvalue weighted by atomic mass is 9.75. The molecule has 7 nitrogen and oxygen atoms in total. The van der Waals surface area contributed by atoms with Crippen LogP contribution in [-0.4, -0.2) is 27.9 Å². The lowest BCUT2D eigenvalue weighted by molar-refractivity contribution is -0.0194. The van der Waals surface area contributed by atoms with E-state index in [4.69, 9.17) is 27.8 Å². The number of amides is 1. The normalized spacial score (nSPS) is 23.4. The Morgan fingerprint density at radius 3 is 2.60 bits per heavy atom.